The first kappa shape index (κ1) is 14.6. The highest BCUT2D eigenvalue weighted by molar-refractivity contribution is 5.88. The molecule has 0 heterocycles. The van der Waals surface area contributed by atoms with Crippen LogP contribution in [0.5, 0.6) is 0 Å². The molecule has 1 amide bonds. The Bertz CT molecular complexity index is 273. The third kappa shape index (κ3) is 6.98. The number of carbonyl (C=O) groups excluding carboxylic acids is 2. The third-order valence-corrected chi connectivity index (χ3v) is 2.02. The maximum atomic E-state index is 11.7. The Morgan fingerprint density at radius 1 is 1.25 bits per heavy atom. The van der Waals surface area contributed by atoms with Gasteiger partial charge in [0, 0.05) is 19.8 Å². The minimum Gasteiger partial charge on any atom is -0.481 e. The molecule has 5 heteroatoms. The zero-order chi connectivity index (χ0) is 12.7. The normalized spacial score (nSPS) is 12.2. The van der Waals surface area contributed by atoms with Gasteiger partial charge in [-0.05, 0) is 12.3 Å². The van der Waals surface area contributed by atoms with Crippen molar-refractivity contribution in [2.45, 2.75) is 46.1 Å². The first-order valence-corrected chi connectivity index (χ1v) is 5.34. The number of amides is 1. The van der Waals surface area contributed by atoms with Crippen molar-refractivity contribution in [1.82, 2.24) is 5.32 Å². The highest BCUT2D eigenvalue weighted by Crippen LogP contribution is 2.07. The molecule has 0 aliphatic carbocycles. The molecule has 92 valence electrons. The monoisotopic (exact) mass is 229 g/mol. The number of carboxylic acid groups (broad SMARTS) is 1. The van der Waals surface area contributed by atoms with Crippen molar-refractivity contribution in [3.63, 3.8) is 0 Å². The molecule has 1 atom stereocenters. The Balaban J connectivity index is 4.34. The number of aliphatic carboxylic acids is 1. The lowest BCUT2D eigenvalue weighted by Crippen LogP contribution is -2.40. The summed E-state index contributed by atoms with van der Waals surface area (Å²) in [6.45, 7) is 5.12. The Kier molecular flexibility index (Phi) is 6.37. The van der Waals surface area contributed by atoms with Gasteiger partial charge in [-0.25, -0.2) is 0 Å². The molecular formula is C11H19NO4. The second-order valence-electron chi connectivity index (χ2n) is 4.25. The fraction of sp³-hybridized carbons (Fsp3) is 0.727. The number of nitrogens with one attached hydrogen (secondary N) is 1. The number of ketones is 1. The summed E-state index contributed by atoms with van der Waals surface area (Å²) in [6, 6.07) is -0.670. The van der Waals surface area contributed by atoms with Gasteiger partial charge in [0.2, 0.25) is 5.91 Å². The van der Waals surface area contributed by atoms with Crippen LogP contribution in [0.1, 0.15) is 40.0 Å². The average molecular weight is 229 g/mol. The Labute approximate surface area is 95.2 Å². The van der Waals surface area contributed by atoms with Gasteiger partial charge in [0.25, 0.3) is 0 Å². The summed E-state index contributed by atoms with van der Waals surface area (Å²) in [7, 11) is 0. The van der Waals surface area contributed by atoms with Crippen molar-refractivity contribution in [1.29, 1.82) is 0 Å². The lowest BCUT2D eigenvalue weighted by Gasteiger charge is -2.16. The van der Waals surface area contributed by atoms with Crippen molar-refractivity contribution in [2.24, 2.45) is 5.92 Å². The summed E-state index contributed by atoms with van der Waals surface area (Å²) in [5, 5.41) is 11.0. The van der Waals surface area contributed by atoms with Crippen LogP contribution in [0.25, 0.3) is 0 Å². The molecule has 0 rings (SSSR count). The fourth-order valence-electron chi connectivity index (χ4n) is 1.37. The van der Waals surface area contributed by atoms with Crippen molar-refractivity contribution in [3.8, 4) is 0 Å². The summed E-state index contributed by atoms with van der Waals surface area (Å²) in [5.41, 5.74) is 0. The smallest absolute Gasteiger partial charge is 0.303 e. The molecule has 0 spiro atoms. The Morgan fingerprint density at radius 2 is 1.81 bits per heavy atom. The van der Waals surface area contributed by atoms with Gasteiger partial charge in [-0.3, -0.25) is 14.4 Å². The fourth-order valence-corrected chi connectivity index (χ4v) is 1.37. The molecule has 16 heavy (non-hydrogen) atoms. The van der Waals surface area contributed by atoms with Crippen LogP contribution in [0.15, 0.2) is 0 Å². The maximum Gasteiger partial charge on any atom is 0.303 e. The third-order valence-electron chi connectivity index (χ3n) is 2.02. The SMILES string of the molecule is CC(=O)N[C@@H](CCC(=O)O)C(=O)CC(C)C. The lowest BCUT2D eigenvalue weighted by atomic mass is 9.98. The topological polar surface area (TPSA) is 83.5 Å². The molecule has 0 aliphatic rings. The minimum atomic E-state index is -0.965. The van der Waals surface area contributed by atoms with Gasteiger partial charge < -0.3 is 10.4 Å². The number of carbonyl (C=O) groups is 3. The molecule has 0 aliphatic heterocycles. The van der Waals surface area contributed by atoms with E-state index in [0.29, 0.717) is 6.42 Å². The summed E-state index contributed by atoms with van der Waals surface area (Å²) in [4.78, 5) is 33.0. The predicted molar refractivity (Wildman–Crippen MR) is 58.9 cm³/mol. The molecular weight excluding hydrogens is 210 g/mol. The van der Waals surface area contributed by atoms with E-state index in [0.717, 1.165) is 0 Å². The van der Waals surface area contributed by atoms with Gasteiger partial charge in [-0.1, -0.05) is 13.8 Å². The van der Waals surface area contributed by atoms with Crippen molar-refractivity contribution in [3.05, 3.63) is 0 Å². The van der Waals surface area contributed by atoms with E-state index in [1.54, 1.807) is 0 Å². The standard InChI is InChI=1S/C11H19NO4/c1-7(2)6-10(14)9(12-8(3)13)4-5-11(15)16/h7,9H,4-6H2,1-3H3,(H,12,13)(H,15,16)/t9-/m0/s1. The van der Waals surface area contributed by atoms with E-state index in [1.165, 1.54) is 6.92 Å². The molecule has 2 N–H and O–H groups in total. The molecule has 0 aromatic rings. The molecule has 0 saturated heterocycles. The summed E-state index contributed by atoms with van der Waals surface area (Å²) >= 11 is 0. The molecule has 0 aromatic heterocycles. The van der Waals surface area contributed by atoms with E-state index in [2.05, 4.69) is 5.32 Å². The largest absolute Gasteiger partial charge is 0.481 e. The molecule has 0 radical (unpaired) electrons. The van der Waals surface area contributed by atoms with Gasteiger partial charge in [0.05, 0.1) is 6.04 Å². The van der Waals surface area contributed by atoms with Crippen LogP contribution in [-0.4, -0.2) is 28.8 Å². The number of Topliss-reactive ketones (excluding diaryl/α,β-unsaturated/α-hetero) is 1. The van der Waals surface area contributed by atoms with E-state index in [9.17, 15) is 14.4 Å². The molecule has 0 aromatic carbocycles. The molecule has 0 fully saturated rings. The van der Waals surface area contributed by atoms with Crippen LogP contribution < -0.4 is 5.32 Å². The van der Waals surface area contributed by atoms with Crippen molar-refractivity contribution >= 4 is 17.7 Å². The second kappa shape index (κ2) is 6.98. The number of hydrogen-bond acceptors (Lipinski definition) is 3. The number of rotatable bonds is 7. The highest BCUT2D eigenvalue weighted by Gasteiger charge is 2.20. The van der Waals surface area contributed by atoms with Gasteiger partial charge in [-0.2, -0.15) is 0 Å². The summed E-state index contributed by atoms with van der Waals surface area (Å²) in [5.74, 6) is -1.18. The van der Waals surface area contributed by atoms with E-state index in [1.807, 2.05) is 13.8 Å². The van der Waals surface area contributed by atoms with Crippen LogP contribution in [0.2, 0.25) is 0 Å². The molecule has 0 unspecified atom stereocenters. The molecule has 0 saturated carbocycles. The second-order valence-corrected chi connectivity index (χ2v) is 4.25. The summed E-state index contributed by atoms with van der Waals surface area (Å²) < 4.78 is 0. The van der Waals surface area contributed by atoms with Crippen molar-refractivity contribution in [2.75, 3.05) is 0 Å². The van der Waals surface area contributed by atoms with Crippen LogP contribution in [0, 0.1) is 5.92 Å². The number of hydrogen-bond donors (Lipinski definition) is 2. The van der Waals surface area contributed by atoms with E-state index >= 15 is 0 Å². The van der Waals surface area contributed by atoms with Gasteiger partial charge in [0.15, 0.2) is 5.78 Å². The van der Waals surface area contributed by atoms with E-state index in [4.69, 9.17) is 5.11 Å². The first-order valence-electron chi connectivity index (χ1n) is 5.34. The molecule has 0 bridgehead atoms. The summed E-state index contributed by atoms with van der Waals surface area (Å²) in [6.07, 6.45) is 0.389. The maximum absolute atomic E-state index is 11.7. The number of carboxylic acids is 1. The quantitative estimate of drug-likeness (QED) is 0.681. The first-order chi connectivity index (χ1) is 7.32. The van der Waals surface area contributed by atoms with E-state index < -0.39 is 12.0 Å². The highest BCUT2D eigenvalue weighted by atomic mass is 16.4. The molecule has 5 nitrogen and oxygen atoms in total. The van der Waals surface area contributed by atoms with Gasteiger partial charge in [-0.15, -0.1) is 0 Å². The Morgan fingerprint density at radius 3 is 2.19 bits per heavy atom. The van der Waals surface area contributed by atoms with Crippen LogP contribution in [0.4, 0.5) is 0 Å². The van der Waals surface area contributed by atoms with Crippen LogP contribution >= 0.6 is 0 Å². The van der Waals surface area contributed by atoms with E-state index in [-0.39, 0.29) is 30.4 Å². The minimum absolute atomic E-state index is 0.105. The van der Waals surface area contributed by atoms with Gasteiger partial charge >= 0.3 is 5.97 Å². The predicted octanol–water partition coefficient (Wildman–Crippen LogP) is 0.971. The van der Waals surface area contributed by atoms with Crippen LogP contribution in [-0.2, 0) is 14.4 Å². The zero-order valence-electron chi connectivity index (χ0n) is 9.95. The van der Waals surface area contributed by atoms with Gasteiger partial charge in [0.1, 0.15) is 0 Å². The average Bonchev–Trinajstić information content (AvgIpc) is 2.09. The Hall–Kier alpha value is -1.39. The van der Waals surface area contributed by atoms with Crippen molar-refractivity contribution < 1.29 is 19.5 Å². The van der Waals surface area contributed by atoms with Crippen LogP contribution in [0.3, 0.4) is 0 Å². The lowest BCUT2D eigenvalue weighted by molar-refractivity contribution is -0.137. The zero-order valence-corrected chi connectivity index (χ0v) is 9.95.